The minimum atomic E-state index is -0.846. The summed E-state index contributed by atoms with van der Waals surface area (Å²) in [5, 5.41) is 20.0. The Morgan fingerprint density at radius 2 is 2.15 bits per heavy atom. The molecule has 2 unspecified atom stereocenters. The number of aliphatic hydroxyl groups is 2. The van der Waals surface area contributed by atoms with Crippen LogP contribution < -0.4 is 5.32 Å². The molecular formula is C9H19NO3. The van der Waals surface area contributed by atoms with Crippen LogP contribution in [0, 0.1) is 5.92 Å². The molecule has 13 heavy (non-hydrogen) atoms. The predicted octanol–water partition coefficient (Wildman–Crippen LogP) is -0.108. The lowest BCUT2D eigenvalue weighted by Crippen LogP contribution is -2.34. The van der Waals surface area contributed by atoms with Crippen molar-refractivity contribution in [3.8, 4) is 0 Å². The van der Waals surface area contributed by atoms with Crippen molar-refractivity contribution in [2.75, 3.05) is 13.2 Å². The Kier molecular flexibility index (Phi) is 6.54. The van der Waals surface area contributed by atoms with Crippen LogP contribution in [0.2, 0.25) is 0 Å². The van der Waals surface area contributed by atoms with Crippen LogP contribution in [0.25, 0.3) is 0 Å². The van der Waals surface area contributed by atoms with Gasteiger partial charge in [-0.25, -0.2) is 0 Å². The fraction of sp³-hybridized carbons (Fsp3) is 0.889. The topological polar surface area (TPSA) is 69.6 Å². The van der Waals surface area contributed by atoms with Gasteiger partial charge in [-0.2, -0.15) is 0 Å². The molecule has 78 valence electrons. The maximum atomic E-state index is 11.1. The average Bonchev–Trinajstić information content (AvgIpc) is 2.13. The van der Waals surface area contributed by atoms with Gasteiger partial charge < -0.3 is 15.5 Å². The van der Waals surface area contributed by atoms with Gasteiger partial charge in [-0.05, 0) is 5.92 Å². The van der Waals surface area contributed by atoms with Gasteiger partial charge >= 0.3 is 0 Å². The Hall–Kier alpha value is -0.610. The Balaban J connectivity index is 3.51. The van der Waals surface area contributed by atoms with Gasteiger partial charge in [0.2, 0.25) is 5.91 Å². The van der Waals surface area contributed by atoms with Crippen LogP contribution in [0.5, 0.6) is 0 Å². The first-order valence-electron chi connectivity index (χ1n) is 4.65. The highest BCUT2D eigenvalue weighted by Crippen LogP contribution is 2.05. The first-order chi connectivity index (χ1) is 6.10. The SMILES string of the molecule is CCC(C)CC(=O)NCC(O)CO. The summed E-state index contributed by atoms with van der Waals surface area (Å²) >= 11 is 0. The molecule has 4 heteroatoms. The van der Waals surface area contributed by atoms with Gasteiger partial charge in [0, 0.05) is 13.0 Å². The van der Waals surface area contributed by atoms with Crippen LogP contribution >= 0.6 is 0 Å². The summed E-state index contributed by atoms with van der Waals surface area (Å²) in [5.41, 5.74) is 0. The molecule has 0 aliphatic carbocycles. The van der Waals surface area contributed by atoms with Gasteiger partial charge in [0.15, 0.2) is 0 Å². The molecule has 0 radical (unpaired) electrons. The van der Waals surface area contributed by atoms with E-state index in [1.807, 2.05) is 13.8 Å². The monoisotopic (exact) mass is 189 g/mol. The first kappa shape index (κ1) is 12.4. The summed E-state index contributed by atoms with van der Waals surface area (Å²) in [4.78, 5) is 11.1. The first-order valence-corrected chi connectivity index (χ1v) is 4.65. The molecule has 0 heterocycles. The van der Waals surface area contributed by atoms with Crippen LogP contribution in [0.3, 0.4) is 0 Å². The summed E-state index contributed by atoms with van der Waals surface area (Å²) in [6.45, 7) is 3.85. The molecule has 0 aromatic rings. The second-order valence-corrected chi connectivity index (χ2v) is 3.36. The molecule has 0 aromatic carbocycles. The summed E-state index contributed by atoms with van der Waals surface area (Å²) in [5.74, 6) is 0.299. The maximum Gasteiger partial charge on any atom is 0.220 e. The number of nitrogens with one attached hydrogen (secondary N) is 1. The Morgan fingerprint density at radius 3 is 2.62 bits per heavy atom. The van der Waals surface area contributed by atoms with Crippen LogP contribution in [-0.2, 0) is 4.79 Å². The van der Waals surface area contributed by atoms with E-state index < -0.39 is 6.10 Å². The molecule has 4 nitrogen and oxygen atoms in total. The lowest BCUT2D eigenvalue weighted by atomic mass is 10.1. The van der Waals surface area contributed by atoms with Crippen LogP contribution in [0.1, 0.15) is 26.7 Å². The van der Waals surface area contributed by atoms with Crippen LogP contribution in [0.15, 0.2) is 0 Å². The van der Waals surface area contributed by atoms with E-state index in [9.17, 15) is 4.79 Å². The maximum absolute atomic E-state index is 11.1. The smallest absolute Gasteiger partial charge is 0.220 e. The Labute approximate surface area is 79.0 Å². The van der Waals surface area contributed by atoms with Crippen molar-refractivity contribution in [2.24, 2.45) is 5.92 Å². The van der Waals surface area contributed by atoms with E-state index in [1.165, 1.54) is 0 Å². The third kappa shape index (κ3) is 6.54. The molecule has 0 bridgehead atoms. The second-order valence-electron chi connectivity index (χ2n) is 3.36. The zero-order chi connectivity index (χ0) is 10.3. The summed E-state index contributed by atoms with van der Waals surface area (Å²) in [6, 6.07) is 0. The minimum Gasteiger partial charge on any atom is -0.394 e. The molecule has 0 saturated heterocycles. The lowest BCUT2D eigenvalue weighted by Gasteiger charge is -2.11. The molecule has 3 N–H and O–H groups in total. The fourth-order valence-electron chi connectivity index (χ4n) is 0.829. The molecular weight excluding hydrogens is 170 g/mol. The van der Waals surface area contributed by atoms with Gasteiger partial charge in [0.25, 0.3) is 0 Å². The number of hydrogen-bond acceptors (Lipinski definition) is 3. The van der Waals surface area contributed by atoms with Gasteiger partial charge in [0.1, 0.15) is 0 Å². The van der Waals surface area contributed by atoms with Crippen molar-refractivity contribution >= 4 is 5.91 Å². The highest BCUT2D eigenvalue weighted by atomic mass is 16.3. The average molecular weight is 189 g/mol. The molecule has 0 rings (SSSR count). The van der Waals surface area contributed by atoms with E-state index in [-0.39, 0.29) is 19.1 Å². The van der Waals surface area contributed by atoms with Crippen molar-refractivity contribution < 1.29 is 15.0 Å². The van der Waals surface area contributed by atoms with Crippen LogP contribution in [-0.4, -0.2) is 35.4 Å². The van der Waals surface area contributed by atoms with E-state index in [0.29, 0.717) is 12.3 Å². The number of hydrogen-bond donors (Lipinski definition) is 3. The third-order valence-electron chi connectivity index (χ3n) is 1.98. The van der Waals surface area contributed by atoms with Crippen molar-refractivity contribution in [1.82, 2.24) is 5.32 Å². The normalized spacial score (nSPS) is 15.1. The van der Waals surface area contributed by atoms with E-state index in [4.69, 9.17) is 10.2 Å². The molecule has 0 aliphatic rings. The highest BCUT2D eigenvalue weighted by molar-refractivity contribution is 5.76. The highest BCUT2D eigenvalue weighted by Gasteiger charge is 2.08. The number of amides is 1. The van der Waals surface area contributed by atoms with E-state index in [0.717, 1.165) is 6.42 Å². The largest absolute Gasteiger partial charge is 0.394 e. The zero-order valence-corrected chi connectivity index (χ0v) is 8.29. The van der Waals surface area contributed by atoms with E-state index in [2.05, 4.69) is 5.32 Å². The van der Waals surface area contributed by atoms with Gasteiger partial charge in [-0.1, -0.05) is 20.3 Å². The van der Waals surface area contributed by atoms with Crippen molar-refractivity contribution in [3.05, 3.63) is 0 Å². The molecule has 0 spiro atoms. The molecule has 1 amide bonds. The number of carbonyl (C=O) groups is 1. The van der Waals surface area contributed by atoms with Crippen molar-refractivity contribution in [2.45, 2.75) is 32.8 Å². The lowest BCUT2D eigenvalue weighted by molar-refractivity contribution is -0.122. The van der Waals surface area contributed by atoms with Crippen molar-refractivity contribution in [3.63, 3.8) is 0 Å². The van der Waals surface area contributed by atoms with Gasteiger partial charge in [-0.15, -0.1) is 0 Å². The van der Waals surface area contributed by atoms with E-state index >= 15 is 0 Å². The second kappa shape index (κ2) is 6.86. The van der Waals surface area contributed by atoms with Gasteiger partial charge in [-0.3, -0.25) is 4.79 Å². The standard InChI is InChI=1S/C9H19NO3/c1-3-7(2)4-9(13)10-5-8(12)6-11/h7-8,11-12H,3-6H2,1-2H3,(H,10,13). The Morgan fingerprint density at radius 1 is 1.54 bits per heavy atom. The minimum absolute atomic E-state index is 0.0677. The zero-order valence-electron chi connectivity index (χ0n) is 8.29. The van der Waals surface area contributed by atoms with Crippen LogP contribution in [0.4, 0.5) is 0 Å². The molecule has 0 fully saturated rings. The quantitative estimate of drug-likeness (QED) is 0.546. The summed E-state index contributed by atoms with van der Waals surface area (Å²) in [7, 11) is 0. The number of aliphatic hydroxyl groups excluding tert-OH is 2. The molecule has 0 aromatic heterocycles. The summed E-state index contributed by atoms with van der Waals surface area (Å²) < 4.78 is 0. The van der Waals surface area contributed by atoms with Crippen molar-refractivity contribution in [1.29, 1.82) is 0 Å². The van der Waals surface area contributed by atoms with Gasteiger partial charge in [0.05, 0.1) is 12.7 Å². The molecule has 0 saturated carbocycles. The summed E-state index contributed by atoms with van der Waals surface area (Å²) in [6.07, 6.45) is 0.603. The third-order valence-corrected chi connectivity index (χ3v) is 1.98. The van der Waals surface area contributed by atoms with E-state index in [1.54, 1.807) is 0 Å². The number of rotatable bonds is 6. The molecule has 0 aliphatic heterocycles. The molecule has 2 atom stereocenters. The number of carbonyl (C=O) groups excluding carboxylic acids is 1. The predicted molar refractivity (Wildman–Crippen MR) is 50.2 cm³/mol. The Bertz CT molecular complexity index is 150. The fourth-order valence-corrected chi connectivity index (χ4v) is 0.829.